The summed E-state index contributed by atoms with van der Waals surface area (Å²) < 4.78 is 18.0. The van der Waals surface area contributed by atoms with Crippen LogP contribution in [0.4, 0.5) is 0 Å². The van der Waals surface area contributed by atoms with Crippen LogP contribution in [-0.2, 0) is 28.3 Å². The van der Waals surface area contributed by atoms with Gasteiger partial charge in [0.15, 0.2) is 17.1 Å². The number of aromatic nitrogens is 2. The average Bonchev–Trinajstić information content (AvgIpc) is 3.49. The third-order valence-corrected chi connectivity index (χ3v) is 7.57. The van der Waals surface area contributed by atoms with E-state index in [9.17, 15) is 14.7 Å². The van der Waals surface area contributed by atoms with Gasteiger partial charge < -0.3 is 23.9 Å². The number of hydrogen-bond donors (Lipinski definition) is 1. The number of cyclic esters (lactones) is 1. The standard InChI is InChI=1S/C27H19ClN2O6/c1-2-27(33)18-8-20-24-16(10-30(20)25(31)17(18)11-34-26(27)32)23(13-3-5-14(28)6-4-13)15-7-21-22(36-12-35-21)9-19(15)29-24/h3-9,33H,2,10-12H2,1H3/t27-/m0/s1. The maximum Gasteiger partial charge on any atom is 0.343 e. The number of hydrogen-bond acceptors (Lipinski definition) is 7. The van der Waals surface area contributed by atoms with Crippen LogP contribution in [0.5, 0.6) is 11.5 Å². The van der Waals surface area contributed by atoms with E-state index in [0.717, 1.165) is 22.1 Å². The molecule has 0 bridgehead atoms. The van der Waals surface area contributed by atoms with Gasteiger partial charge in [-0.1, -0.05) is 30.7 Å². The van der Waals surface area contributed by atoms with Gasteiger partial charge in [0, 0.05) is 27.6 Å². The minimum atomic E-state index is -1.88. The molecular formula is C27H19ClN2O6. The molecule has 0 spiro atoms. The van der Waals surface area contributed by atoms with Gasteiger partial charge >= 0.3 is 5.97 Å². The number of carbonyl (C=O) groups excluding carboxylic acids is 1. The largest absolute Gasteiger partial charge is 0.458 e. The van der Waals surface area contributed by atoms with Crippen LogP contribution in [0.25, 0.3) is 33.4 Å². The molecule has 8 nitrogen and oxygen atoms in total. The Balaban J connectivity index is 1.56. The smallest absolute Gasteiger partial charge is 0.343 e. The summed E-state index contributed by atoms with van der Waals surface area (Å²) in [4.78, 5) is 31.0. The molecule has 9 heteroatoms. The second kappa shape index (κ2) is 7.32. The molecule has 180 valence electrons. The predicted molar refractivity (Wildman–Crippen MR) is 131 cm³/mol. The van der Waals surface area contributed by atoms with Crippen LogP contribution in [0.3, 0.4) is 0 Å². The van der Waals surface area contributed by atoms with E-state index in [4.69, 9.17) is 30.8 Å². The number of esters is 1. The molecule has 3 aliphatic heterocycles. The van der Waals surface area contributed by atoms with Gasteiger partial charge in [-0.3, -0.25) is 4.79 Å². The fourth-order valence-electron chi connectivity index (χ4n) is 5.42. The van der Waals surface area contributed by atoms with Gasteiger partial charge in [0.25, 0.3) is 5.56 Å². The first kappa shape index (κ1) is 21.4. The maximum atomic E-state index is 13.6. The molecule has 36 heavy (non-hydrogen) atoms. The number of nitrogens with zero attached hydrogens (tertiary/aromatic N) is 2. The summed E-state index contributed by atoms with van der Waals surface area (Å²) >= 11 is 6.17. The molecular weight excluding hydrogens is 484 g/mol. The third-order valence-electron chi connectivity index (χ3n) is 7.31. The monoisotopic (exact) mass is 502 g/mol. The maximum absolute atomic E-state index is 13.6. The van der Waals surface area contributed by atoms with Crippen molar-refractivity contribution in [3.63, 3.8) is 0 Å². The molecule has 0 aliphatic carbocycles. The lowest BCUT2D eigenvalue weighted by Crippen LogP contribution is -2.44. The third kappa shape index (κ3) is 2.76. The first-order chi connectivity index (χ1) is 17.4. The van der Waals surface area contributed by atoms with Gasteiger partial charge in [0.05, 0.1) is 29.0 Å². The van der Waals surface area contributed by atoms with Crippen LogP contribution in [0, 0.1) is 0 Å². The number of fused-ring (bicyclic) bond motifs is 6. The lowest BCUT2D eigenvalue weighted by molar-refractivity contribution is -0.172. The topological polar surface area (TPSA) is 99.9 Å². The van der Waals surface area contributed by atoms with E-state index in [-0.39, 0.29) is 43.1 Å². The van der Waals surface area contributed by atoms with E-state index in [1.807, 2.05) is 36.4 Å². The van der Waals surface area contributed by atoms with Crippen molar-refractivity contribution in [3.05, 3.63) is 74.5 Å². The first-order valence-electron chi connectivity index (χ1n) is 11.6. The molecule has 0 unspecified atom stereocenters. The van der Waals surface area contributed by atoms with E-state index in [2.05, 4.69) is 0 Å². The molecule has 1 atom stereocenters. The SMILES string of the molecule is CC[C@@]1(O)C(=O)OCc2c1cc1n(c2=O)Cc2c-1nc1cc3c(cc1c2-c1ccc(Cl)cc1)OCO3. The summed E-state index contributed by atoms with van der Waals surface area (Å²) in [6.45, 7) is 1.93. The molecule has 5 heterocycles. The number of aliphatic hydroxyl groups is 1. The highest BCUT2D eigenvalue weighted by Gasteiger charge is 2.45. The Morgan fingerprint density at radius 3 is 2.56 bits per heavy atom. The van der Waals surface area contributed by atoms with Crippen molar-refractivity contribution < 1.29 is 24.1 Å². The summed E-state index contributed by atoms with van der Waals surface area (Å²) in [6.07, 6.45) is 0.0826. The highest BCUT2D eigenvalue weighted by molar-refractivity contribution is 6.30. The molecule has 2 aromatic carbocycles. The van der Waals surface area contributed by atoms with E-state index < -0.39 is 11.6 Å². The highest BCUT2D eigenvalue weighted by Crippen LogP contribution is 2.46. The zero-order valence-corrected chi connectivity index (χ0v) is 19.9. The van der Waals surface area contributed by atoms with Crippen molar-refractivity contribution in [2.24, 2.45) is 0 Å². The summed E-state index contributed by atoms with van der Waals surface area (Å²) in [5.74, 6) is 0.480. The second-order valence-corrected chi connectivity index (χ2v) is 9.58. The molecule has 2 aromatic heterocycles. The van der Waals surface area contributed by atoms with Crippen molar-refractivity contribution in [2.75, 3.05) is 6.79 Å². The molecule has 0 fully saturated rings. The average molecular weight is 503 g/mol. The molecule has 0 saturated carbocycles. The van der Waals surface area contributed by atoms with Gasteiger partial charge in [-0.25, -0.2) is 9.78 Å². The van der Waals surface area contributed by atoms with E-state index in [0.29, 0.717) is 33.4 Å². The predicted octanol–water partition coefficient (Wildman–Crippen LogP) is 4.13. The first-order valence-corrected chi connectivity index (χ1v) is 12.0. The Labute approximate surface area is 209 Å². The van der Waals surface area contributed by atoms with Gasteiger partial charge in [-0.2, -0.15) is 0 Å². The molecule has 0 radical (unpaired) electrons. The van der Waals surface area contributed by atoms with Gasteiger partial charge in [0.2, 0.25) is 6.79 Å². The summed E-state index contributed by atoms with van der Waals surface area (Å²) in [5.41, 5.74) is 2.89. The number of halogens is 1. The summed E-state index contributed by atoms with van der Waals surface area (Å²) in [7, 11) is 0. The van der Waals surface area contributed by atoms with Gasteiger partial charge in [0.1, 0.15) is 6.61 Å². The zero-order chi connectivity index (χ0) is 24.8. The van der Waals surface area contributed by atoms with Crippen LogP contribution >= 0.6 is 11.6 Å². The summed E-state index contributed by atoms with van der Waals surface area (Å²) in [6, 6.07) is 13.0. The number of pyridine rings is 2. The van der Waals surface area contributed by atoms with Crippen molar-refractivity contribution in [2.45, 2.75) is 32.1 Å². The Morgan fingerprint density at radius 2 is 1.81 bits per heavy atom. The summed E-state index contributed by atoms with van der Waals surface area (Å²) in [5, 5.41) is 12.6. The number of ether oxygens (including phenoxy) is 3. The Hall–Kier alpha value is -3.88. The number of carbonyl (C=O) groups is 1. The molecule has 4 aromatic rings. The van der Waals surface area contributed by atoms with E-state index in [1.54, 1.807) is 17.6 Å². The molecule has 3 aliphatic rings. The fraction of sp³-hybridized carbons (Fsp3) is 0.222. The van der Waals surface area contributed by atoms with Crippen LogP contribution in [-0.4, -0.2) is 27.4 Å². The molecule has 0 amide bonds. The fourth-order valence-corrected chi connectivity index (χ4v) is 5.54. The van der Waals surface area contributed by atoms with E-state index >= 15 is 0 Å². The van der Waals surface area contributed by atoms with Crippen molar-refractivity contribution >= 4 is 28.5 Å². The quantitative estimate of drug-likeness (QED) is 0.362. The minimum Gasteiger partial charge on any atom is -0.458 e. The van der Waals surface area contributed by atoms with E-state index in [1.165, 1.54) is 0 Å². The molecule has 1 N–H and O–H groups in total. The van der Waals surface area contributed by atoms with Crippen molar-refractivity contribution in [1.29, 1.82) is 0 Å². The van der Waals surface area contributed by atoms with Crippen LogP contribution in [0.1, 0.15) is 30.0 Å². The van der Waals surface area contributed by atoms with Gasteiger partial charge in [-0.15, -0.1) is 0 Å². The minimum absolute atomic E-state index is 0.0826. The second-order valence-electron chi connectivity index (χ2n) is 9.15. The van der Waals surface area contributed by atoms with Crippen molar-refractivity contribution in [3.8, 4) is 34.0 Å². The normalized spacial score (nSPS) is 19.1. The lowest BCUT2D eigenvalue weighted by Gasteiger charge is -2.31. The van der Waals surface area contributed by atoms with Crippen LogP contribution in [0.2, 0.25) is 5.02 Å². The highest BCUT2D eigenvalue weighted by atomic mass is 35.5. The zero-order valence-electron chi connectivity index (χ0n) is 19.1. The van der Waals surface area contributed by atoms with Crippen molar-refractivity contribution in [1.82, 2.24) is 9.55 Å². The van der Waals surface area contributed by atoms with Crippen LogP contribution < -0.4 is 15.0 Å². The number of rotatable bonds is 2. The lowest BCUT2D eigenvalue weighted by atomic mass is 9.86. The molecule has 7 rings (SSSR count). The Bertz CT molecular complexity index is 1690. The number of benzene rings is 2. The Morgan fingerprint density at radius 1 is 1.06 bits per heavy atom. The Kier molecular flexibility index (Phi) is 4.35. The van der Waals surface area contributed by atoms with Gasteiger partial charge in [-0.05, 0) is 41.8 Å². The van der Waals surface area contributed by atoms with Crippen LogP contribution in [0.15, 0.2) is 47.3 Å². The molecule has 0 saturated heterocycles.